The molecule has 0 spiro atoms. The lowest BCUT2D eigenvalue weighted by atomic mass is 9.74. The van der Waals surface area contributed by atoms with Gasteiger partial charge in [-0.3, -0.25) is 0 Å². The monoisotopic (exact) mass is 556 g/mol. The summed E-state index contributed by atoms with van der Waals surface area (Å²) >= 11 is 5.81. The maximum absolute atomic E-state index is 5.81. The summed E-state index contributed by atoms with van der Waals surface area (Å²) in [5.41, 5.74) is 4.13. The lowest BCUT2D eigenvalue weighted by Gasteiger charge is -2.38. The third-order valence-electron chi connectivity index (χ3n) is 8.78. The zero-order valence-electron chi connectivity index (χ0n) is 23.4. The van der Waals surface area contributed by atoms with Crippen molar-refractivity contribution < 1.29 is 4.74 Å². The summed E-state index contributed by atoms with van der Waals surface area (Å²) in [5.74, 6) is 3.14. The Morgan fingerprint density at radius 1 is 0.975 bits per heavy atom. The van der Waals surface area contributed by atoms with Crippen molar-refractivity contribution in [2.45, 2.75) is 51.0 Å². The van der Waals surface area contributed by atoms with Crippen LogP contribution in [-0.4, -0.2) is 54.5 Å². The average molecular weight is 557 g/mol. The van der Waals surface area contributed by atoms with Crippen LogP contribution in [0.4, 0.5) is 17.6 Å². The number of anilines is 3. The Hall–Kier alpha value is -3.23. The number of hydrogen-bond acceptors (Lipinski definition) is 6. The van der Waals surface area contributed by atoms with Crippen molar-refractivity contribution >= 4 is 34.9 Å². The lowest BCUT2D eigenvalue weighted by molar-refractivity contribution is 0.0515. The van der Waals surface area contributed by atoms with Crippen LogP contribution in [0.15, 0.2) is 60.7 Å². The Morgan fingerprint density at radius 3 is 2.48 bits per heavy atom. The van der Waals surface area contributed by atoms with Crippen molar-refractivity contribution in [2.24, 2.45) is 5.92 Å². The second-order valence-corrected chi connectivity index (χ2v) is 12.0. The van der Waals surface area contributed by atoms with Crippen LogP contribution < -0.4 is 20.4 Å². The predicted octanol–water partition coefficient (Wildman–Crippen LogP) is 5.31. The molecule has 7 nitrogen and oxygen atoms in total. The Labute approximate surface area is 243 Å². The molecule has 0 bridgehead atoms. The molecule has 0 aliphatic carbocycles. The minimum atomic E-state index is -0.00968. The van der Waals surface area contributed by atoms with Gasteiger partial charge in [-0.15, -0.1) is 0 Å². The van der Waals surface area contributed by atoms with Crippen LogP contribution in [-0.2, 0) is 23.1 Å². The molecule has 2 saturated heterocycles. The van der Waals surface area contributed by atoms with E-state index in [1.165, 1.54) is 29.5 Å². The van der Waals surface area contributed by atoms with Gasteiger partial charge in [0.15, 0.2) is 5.11 Å². The van der Waals surface area contributed by atoms with E-state index in [9.17, 15) is 0 Å². The third kappa shape index (κ3) is 6.08. The van der Waals surface area contributed by atoms with Crippen molar-refractivity contribution in [3.8, 4) is 0 Å². The van der Waals surface area contributed by atoms with Gasteiger partial charge in [0.25, 0.3) is 0 Å². The molecule has 3 aliphatic heterocycles. The Balaban J connectivity index is 1.21. The van der Waals surface area contributed by atoms with Crippen LogP contribution in [0.25, 0.3) is 0 Å². The quantitative estimate of drug-likeness (QED) is 0.396. The van der Waals surface area contributed by atoms with Crippen LogP contribution in [0, 0.1) is 5.92 Å². The number of aromatic nitrogens is 2. The molecule has 3 aromatic rings. The number of nitrogens with one attached hydrogen (secondary N) is 2. The highest BCUT2D eigenvalue weighted by Crippen LogP contribution is 2.34. The van der Waals surface area contributed by atoms with Crippen LogP contribution in [0.1, 0.15) is 49.3 Å². The van der Waals surface area contributed by atoms with E-state index >= 15 is 0 Å². The lowest BCUT2D eigenvalue weighted by Crippen LogP contribution is -2.45. The summed E-state index contributed by atoms with van der Waals surface area (Å²) in [6.45, 7) is 8.42. The van der Waals surface area contributed by atoms with Crippen LogP contribution in [0.2, 0.25) is 0 Å². The van der Waals surface area contributed by atoms with Crippen molar-refractivity contribution in [1.29, 1.82) is 0 Å². The number of piperidine rings is 1. The van der Waals surface area contributed by atoms with Gasteiger partial charge < -0.3 is 25.2 Å². The Kier molecular flexibility index (Phi) is 8.16. The molecule has 40 heavy (non-hydrogen) atoms. The second-order valence-electron chi connectivity index (χ2n) is 11.6. The number of benzene rings is 2. The molecule has 8 heteroatoms. The zero-order valence-corrected chi connectivity index (χ0v) is 24.3. The first-order valence-electron chi connectivity index (χ1n) is 14.7. The number of fused-ring (bicyclic) bond motifs is 1. The molecular weight excluding hydrogens is 516 g/mol. The van der Waals surface area contributed by atoms with Gasteiger partial charge in [0.05, 0.1) is 0 Å². The first kappa shape index (κ1) is 27.0. The molecule has 1 atom stereocenters. The summed E-state index contributed by atoms with van der Waals surface area (Å²) in [7, 11) is 0. The number of rotatable bonds is 6. The molecule has 0 amide bonds. The van der Waals surface area contributed by atoms with Crippen LogP contribution in [0.3, 0.4) is 0 Å². The smallest absolute Gasteiger partial charge is 0.232 e. The second kappa shape index (κ2) is 12.1. The number of hydrogen-bond donors (Lipinski definition) is 2. The van der Waals surface area contributed by atoms with E-state index in [-0.39, 0.29) is 5.41 Å². The van der Waals surface area contributed by atoms with E-state index in [1.54, 1.807) is 0 Å². The Bertz CT molecular complexity index is 1310. The first-order valence-corrected chi connectivity index (χ1v) is 15.1. The summed E-state index contributed by atoms with van der Waals surface area (Å²) < 4.78 is 5.71. The van der Waals surface area contributed by atoms with E-state index in [0.29, 0.717) is 17.0 Å². The normalized spacial score (nSPS) is 20.5. The number of nitrogens with zero attached hydrogens (tertiary/aromatic N) is 4. The average Bonchev–Trinajstić information content (AvgIpc) is 3.00. The highest BCUT2D eigenvalue weighted by molar-refractivity contribution is 7.80. The highest BCUT2D eigenvalue weighted by atomic mass is 32.1. The van der Waals surface area contributed by atoms with Gasteiger partial charge in [-0.2, -0.15) is 9.97 Å². The van der Waals surface area contributed by atoms with Gasteiger partial charge in [0, 0.05) is 57.4 Å². The fourth-order valence-corrected chi connectivity index (χ4v) is 6.57. The van der Waals surface area contributed by atoms with E-state index in [4.69, 9.17) is 26.9 Å². The van der Waals surface area contributed by atoms with E-state index in [2.05, 4.69) is 88.0 Å². The fourth-order valence-electron chi connectivity index (χ4n) is 6.41. The minimum absolute atomic E-state index is 0.00968. The van der Waals surface area contributed by atoms with Crippen LogP contribution in [0.5, 0.6) is 0 Å². The van der Waals surface area contributed by atoms with Crippen molar-refractivity contribution in [2.75, 3.05) is 54.5 Å². The van der Waals surface area contributed by atoms with Crippen molar-refractivity contribution in [3.63, 3.8) is 0 Å². The van der Waals surface area contributed by atoms with E-state index < -0.39 is 0 Å². The number of ether oxygens (including phenoxy) is 1. The van der Waals surface area contributed by atoms with E-state index in [0.717, 1.165) is 76.8 Å². The number of thiocarbonyl (C=S) groups is 1. The molecule has 2 aromatic carbocycles. The molecular formula is C32H40N6OS. The first-order chi connectivity index (χ1) is 19.6. The van der Waals surface area contributed by atoms with Gasteiger partial charge >= 0.3 is 0 Å². The zero-order chi connectivity index (χ0) is 27.4. The maximum Gasteiger partial charge on any atom is 0.232 e. The van der Waals surface area contributed by atoms with Crippen LogP contribution >= 0.6 is 12.2 Å². The maximum atomic E-state index is 5.81. The molecule has 2 N–H and O–H groups in total. The summed E-state index contributed by atoms with van der Waals surface area (Å²) in [6, 6.07) is 21.6. The van der Waals surface area contributed by atoms with Crippen molar-refractivity contribution in [3.05, 3.63) is 77.4 Å². The fraction of sp³-hybridized carbons (Fsp3) is 0.469. The molecule has 0 saturated carbocycles. The van der Waals surface area contributed by atoms with Gasteiger partial charge in [-0.05, 0) is 66.9 Å². The molecule has 1 aromatic heterocycles. The largest absolute Gasteiger partial charge is 0.381 e. The van der Waals surface area contributed by atoms with Gasteiger partial charge in [0.2, 0.25) is 5.95 Å². The third-order valence-corrected chi connectivity index (χ3v) is 9.03. The van der Waals surface area contributed by atoms with Gasteiger partial charge in [-0.1, -0.05) is 61.5 Å². The molecule has 4 heterocycles. The molecule has 1 unspecified atom stereocenters. The van der Waals surface area contributed by atoms with E-state index in [1.807, 2.05) is 0 Å². The summed E-state index contributed by atoms with van der Waals surface area (Å²) in [5, 5.41) is 7.43. The van der Waals surface area contributed by atoms with Crippen molar-refractivity contribution in [1.82, 2.24) is 15.3 Å². The summed E-state index contributed by atoms with van der Waals surface area (Å²) in [4.78, 5) is 14.7. The molecule has 6 rings (SSSR count). The molecule has 2 fully saturated rings. The minimum Gasteiger partial charge on any atom is -0.381 e. The van der Waals surface area contributed by atoms with Gasteiger partial charge in [0.1, 0.15) is 11.6 Å². The molecule has 210 valence electrons. The highest BCUT2D eigenvalue weighted by Gasteiger charge is 2.34. The summed E-state index contributed by atoms with van der Waals surface area (Å²) in [6.07, 6.45) is 5.40. The van der Waals surface area contributed by atoms with Gasteiger partial charge in [-0.25, -0.2) is 0 Å². The standard InChI is InChI=1S/C32H40N6OS/c1-24-8-7-16-37(21-24)28-20-29(38-17-13-25-9-5-6-10-26(25)22-38)35-30(34-28)36-31(40)33-23-32(14-18-39-19-15-32)27-11-3-2-4-12-27/h2-6,9-12,20,24H,7-8,13-19,21-23H2,1H3,(H2,33,34,35,36,40). The SMILES string of the molecule is CC1CCCN(c2cc(N3CCc4ccccc4C3)nc(NC(=S)NCC3(c4ccccc4)CCOCC3)n2)C1. The molecule has 3 aliphatic rings. The topological polar surface area (TPSA) is 65.5 Å². The Morgan fingerprint density at radius 2 is 1.70 bits per heavy atom. The predicted molar refractivity (Wildman–Crippen MR) is 166 cm³/mol. The molecule has 0 radical (unpaired) electrons.